The maximum absolute atomic E-state index is 12.5. The first-order valence-corrected chi connectivity index (χ1v) is 9.62. The van der Waals surface area contributed by atoms with Crippen molar-refractivity contribution in [2.24, 2.45) is 13.0 Å². The third-order valence-corrected chi connectivity index (χ3v) is 5.74. The van der Waals surface area contributed by atoms with Crippen molar-refractivity contribution >= 4 is 27.2 Å². The van der Waals surface area contributed by atoms with Crippen LogP contribution in [0.15, 0.2) is 39.9 Å². The van der Waals surface area contributed by atoms with Crippen LogP contribution in [-0.2, 0) is 13.6 Å². The van der Waals surface area contributed by atoms with Crippen molar-refractivity contribution in [3.8, 4) is 0 Å². The van der Waals surface area contributed by atoms with E-state index in [1.807, 2.05) is 13.8 Å². The van der Waals surface area contributed by atoms with Crippen molar-refractivity contribution in [3.05, 3.63) is 72.0 Å². The molecule has 0 fully saturated rings. The molecule has 150 valence electrons. The van der Waals surface area contributed by atoms with Crippen LogP contribution in [0.3, 0.4) is 0 Å². The summed E-state index contributed by atoms with van der Waals surface area (Å²) in [5, 5.41) is 34.0. The molecule has 0 radical (unpaired) electrons. The SMILES string of the molecule is CC(C)Cn1c(=O)n(C)c(=O)c2cc(C(O)c3ccc([N+](C)([O-])[O-])cc3)sc21. The molecule has 1 N–H and O–H groups in total. The van der Waals surface area contributed by atoms with E-state index in [1.54, 1.807) is 10.6 Å². The quantitative estimate of drug-likeness (QED) is 0.519. The van der Waals surface area contributed by atoms with E-state index < -0.39 is 16.5 Å². The molecule has 3 aromatic rings. The molecule has 8 nitrogen and oxygen atoms in total. The average Bonchev–Trinajstić information content (AvgIpc) is 3.07. The Bertz CT molecular complexity index is 1120. The van der Waals surface area contributed by atoms with Crippen LogP contribution >= 0.6 is 11.3 Å². The lowest BCUT2D eigenvalue weighted by atomic mass is 10.1. The number of hydrogen-bond donors (Lipinski definition) is 1. The van der Waals surface area contributed by atoms with E-state index >= 15 is 0 Å². The van der Waals surface area contributed by atoms with Gasteiger partial charge in [0.25, 0.3) is 5.56 Å². The molecule has 9 heteroatoms. The number of benzene rings is 1. The van der Waals surface area contributed by atoms with E-state index in [1.165, 1.54) is 42.6 Å². The van der Waals surface area contributed by atoms with Crippen LogP contribution in [0.5, 0.6) is 0 Å². The number of quaternary nitrogens is 1. The van der Waals surface area contributed by atoms with Gasteiger partial charge in [0.1, 0.15) is 16.6 Å². The lowest BCUT2D eigenvalue weighted by Gasteiger charge is -2.42. The molecule has 0 spiro atoms. The monoisotopic (exact) mass is 404 g/mol. The highest BCUT2D eigenvalue weighted by atomic mass is 32.1. The number of hydrogen-bond acceptors (Lipinski definition) is 6. The van der Waals surface area contributed by atoms with Gasteiger partial charge in [-0.2, -0.15) is 0 Å². The third-order valence-electron chi connectivity index (χ3n) is 4.52. The Balaban J connectivity index is 2.10. The standard InChI is InChI=1S/C19H22N3O5S/c1-11(2)10-21-18-14(17(24)20(3)19(21)25)9-15(28-18)16(23)12-5-7-13(8-6-12)22(4,26)27/h5-9,11,16,23H,10H2,1-4H3/q-1. The van der Waals surface area contributed by atoms with Gasteiger partial charge in [-0.1, -0.05) is 26.0 Å². The molecule has 0 amide bonds. The summed E-state index contributed by atoms with van der Waals surface area (Å²) in [4.78, 5) is 24.3. The van der Waals surface area contributed by atoms with Gasteiger partial charge in [0.2, 0.25) is 0 Å². The minimum absolute atomic E-state index is 0.0203. The molecule has 0 aliphatic rings. The predicted octanol–water partition coefficient (Wildman–Crippen LogP) is 2.43. The minimum atomic E-state index is -1.81. The van der Waals surface area contributed by atoms with Crippen molar-refractivity contribution in [2.75, 3.05) is 7.05 Å². The minimum Gasteiger partial charge on any atom is -0.626 e. The Morgan fingerprint density at radius 2 is 1.79 bits per heavy atom. The highest BCUT2D eigenvalue weighted by Crippen LogP contribution is 2.32. The highest BCUT2D eigenvalue weighted by Gasteiger charge is 2.20. The first kappa shape index (κ1) is 20.4. The normalized spacial score (nSPS) is 13.4. The van der Waals surface area contributed by atoms with Gasteiger partial charge >= 0.3 is 5.69 Å². The van der Waals surface area contributed by atoms with E-state index in [2.05, 4.69) is 0 Å². The van der Waals surface area contributed by atoms with E-state index in [4.69, 9.17) is 0 Å². The Morgan fingerprint density at radius 3 is 2.32 bits per heavy atom. The highest BCUT2D eigenvalue weighted by molar-refractivity contribution is 7.18. The van der Waals surface area contributed by atoms with Crippen LogP contribution in [0.2, 0.25) is 0 Å². The van der Waals surface area contributed by atoms with Crippen molar-refractivity contribution in [2.45, 2.75) is 26.5 Å². The van der Waals surface area contributed by atoms with Gasteiger partial charge in [0.05, 0.1) is 12.4 Å². The number of aromatic nitrogens is 2. The van der Waals surface area contributed by atoms with Gasteiger partial charge < -0.3 is 20.3 Å². The Morgan fingerprint density at radius 1 is 1.18 bits per heavy atom. The number of thiophene rings is 1. The van der Waals surface area contributed by atoms with E-state index in [9.17, 15) is 25.1 Å². The second-order valence-electron chi connectivity index (χ2n) is 7.36. The zero-order valence-electron chi connectivity index (χ0n) is 16.1. The van der Waals surface area contributed by atoms with Crippen LogP contribution in [0.25, 0.3) is 10.2 Å². The molecule has 2 aromatic heterocycles. The first-order valence-electron chi connectivity index (χ1n) is 8.81. The van der Waals surface area contributed by atoms with Crippen molar-refractivity contribution in [1.29, 1.82) is 0 Å². The average molecular weight is 404 g/mol. The first-order chi connectivity index (χ1) is 13.0. The largest absolute Gasteiger partial charge is 0.626 e. The number of hydroxylamine groups is 2. The lowest BCUT2D eigenvalue weighted by Crippen LogP contribution is -2.38. The van der Waals surface area contributed by atoms with Crippen LogP contribution in [0.1, 0.15) is 30.4 Å². The molecule has 1 aromatic carbocycles. The molecule has 0 bridgehead atoms. The fourth-order valence-corrected chi connectivity index (χ4v) is 4.21. The molecular formula is C19H22N3O5S-. The van der Waals surface area contributed by atoms with Crippen LogP contribution < -0.4 is 16.1 Å². The van der Waals surface area contributed by atoms with Crippen LogP contribution in [0.4, 0.5) is 5.69 Å². The molecule has 1 unspecified atom stereocenters. The summed E-state index contributed by atoms with van der Waals surface area (Å²) in [6.07, 6.45) is -1.05. The van der Waals surface area contributed by atoms with Gasteiger partial charge in [-0.3, -0.25) is 13.9 Å². The summed E-state index contributed by atoms with van der Waals surface area (Å²) in [5.74, 6) is 0.202. The fourth-order valence-electron chi connectivity index (χ4n) is 3.04. The summed E-state index contributed by atoms with van der Waals surface area (Å²) >= 11 is 1.19. The zero-order valence-corrected chi connectivity index (χ0v) is 16.9. The fraction of sp³-hybridized carbons (Fsp3) is 0.368. The number of nitrogens with zero attached hydrogens (tertiary/aromatic N) is 3. The van der Waals surface area contributed by atoms with Gasteiger partial charge in [-0.15, -0.1) is 11.3 Å². The molecular weight excluding hydrogens is 382 g/mol. The molecule has 0 aliphatic heterocycles. The summed E-state index contributed by atoms with van der Waals surface area (Å²) in [6.45, 7) is 4.41. The van der Waals surface area contributed by atoms with Crippen molar-refractivity contribution in [3.63, 3.8) is 0 Å². The third kappa shape index (κ3) is 3.67. The zero-order chi connectivity index (χ0) is 20.8. The summed E-state index contributed by atoms with van der Waals surface area (Å²) < 4.78 is 2.63. The van der Waals surface area contributed by atoms with Gasteiger partial charge in [-0.05, 0) is 17.5 Å². The number of aliphatic hydroxyl groups is 1. The van der Waals surface area contributed by atoms with Crippen molar-refractivity contribution < 1.29 is 5.11 Å². The van der Waals surface area contributed by atoms with Gasteiger partial charge in [-0.25, -0.2) is 4.79 Å². The Labute approximate surface area is 165 Å². The molecule has 2 heterocycles. The van der Waals surface area contributed by atoms with Crippen LogP contribution in [0, 0.1) is 16.3 Å². The smallest absolute Gasteiger partial charge is 0.331 e. The second-order valence-corrected chi connectivity index (χ2v) is 8.42. The number of fused-ring (bicyclic) bond motifs is 1. The second kappa shape index (κ2) is 7.26. The van der Waals surface area contributed by atoms with Crippen molar-refractivity contribution in [1.82, 2.24) is 13.9 Å². The molecule has 0 saturated heterocycles. The maximum atomic E-state index is 12.5. The molecule has 3 rings (SSSR count). The van der Waals surface area contributed by atoms with Gasteiger partial charge in [0, 0.05) is 30.6 Å². The number of rotatable bonds is 5. The van der Waals surface area contributed by atoms with E-state index in [-0.39, 0.29) is 17.3 Å². The molecule has 28 heavy (non-hydrogen) atoms. The summed E-state index contributed by atoms with van der Waals surface area (Å²) in [6, 6.07) is 7.36. The molecule has 0 saturated carbocycles. The summed E-state index contributed by atoms with van der Waals surface area (Å²) in [5.41, 5.74) is -0.289. The molecule has 1 atom stereocenters. The topological polar surface area (TPSA) is 110 Å². The van der Waals surface area contributed by atoms with Crippen LogP contribution in [-0.4, -0.2) is 21.3 Å². The number of aliphatic hydroxyl groups excluding tert-OH is 1. The lowest BCUT2D eigenvalue weighted by molar-refractivity contribution is 0.224. The van der Waals surface area contributed by atoms with E-state index in [0.29, 0.717) is 27.2 Å². The Kier molecular flexibility index (Phi) is 5.30. The molecule has 0 aliphatic carbocycles. The summed E-state index contributed by atoms with van der Waals surface area (Å²) in [7, 11) is 2.41. The predicted molar refractivity (Wildman–Crippen MR) is 111 cm³/mol. The van der Waals surface area contributed by atoms with E-state index in [0.717, 1.165) is 11.6 Å². The maximum Gasteiger partial charge on any atom is 0.331 e. The Hall–Kier alpha value is -2.30. The van der Waals surface area contributed by atoms with Gasteiger partial charge in [0.15, 0.2) is 0 Å².